The molecule has 1 saturated heterocycles. The van der Waals surface area contributed by atoms with Gasteiger partial charge in [0.15, 0.2) is 6.61 Å². The van der Waals surface area contributed by atoms with Gasteiger partial charge in [-0.2, -0.15) is 4.31 Å². The summed E-state index contributed by atoms with van der Waals surface area (Å²) in [5.41, 5.74) is 2.23. The largest absolute Gasteiger partial charge is 0.497 e. The zero-order chi connectivity index (χ0) is 32.4. The number of rotatable bonds is 13. The maximum absolute atomic E-state index is 13.9. The first-order valence-electron chi connectivity index (χ1n) is 14.8. The van der Waals surface area contributed by atoms with Crippen LogP contribution >= 0.6 is 0 Å². The van der Waals surface area contributed by atoms with Gasteiger partial charge in [-0.1, -0.05) is 48.5 Å². The van der Waals surface area contributed by atoms with Gasteiger partial charge in [-0.25, -0.2) is 8.42 Å². The SMILES string of the molecule is COc1ccc(CN(C(=O)COc2ccc(S(=O)(=O)N3CCOCC3)cc2)C(C(=O)NCc2cccnc2)c2ccccc2)cc1. The van der Waals surface area contributed by atoms with Crippen LogP contribution in [0, 0.1) is 0 Å². The lowest BCUT2D eigenvalue weighted by molar-refractivity contribution is -0.143. The number of sulfonamides is 1. The van der Waals surface area contributed by atoms with E-state index in [4.69, 9.17) is 14.2 Å². The van der Waals surface area contributed by atoms with Crippen molar-refractivity contribution in [3.63, 3.8) is 0 Å². The fourth-order valence-corrected chi connectivity index (χ4v) is 6.43. The van der Waals surface area contributed by atoms with Gasteiger partial charge in [0, 0.05) is 38.6 Å². The molecular weight excluding hydrogens is 608 g/mol. The Balaban J connectivity index is 1.37. The van der Waals surface area contributed by atoms with E-state index < -0.39 is 22.0 Å². The van der Waals surface area contributed by atoms with Gasteiger partial charge in [-0.15, -0.1) is 0 Å². The lowest BCUT2D eigenvalue weighted by Gasteiger charge is -2.31. The Labute approximate surface area is 268 Å². The summed E-state index contributed by atoms with van der Waals surface area (Å²) in [6, 6.07) is 25.0. The molecular formula is C34H36N4O7S. The van der Waals surface area contributed by atoms with Crippen LogP contribution in [0.4, 0.5) is 0 Å². The Hall–Kier alpha value is -4.78. The van der Waals surface area contributed by atoms with Crippen LogP contribution in [0.1, 0.15) is 22.7 Å². The van der Waals surface area contributed by atoms with Crippen molar-refractivity contribution in [1.29, 1.82) is 0 Å². The van der Waals surface area contributed by atoms with Crippen molar-refractivity contribution >= 4 is 21.8 Å². The van der Waals surface area contributed by atoms with Crippen molar-refractivity contribution in [3.05, 3.63) is 120 Å². The molecule has 1 unspecified atom stereocenters. The van der Waals surface area contributed by atoms with Gasteiger partial charge in [-0.3, -0.25) is 14.6 Å². The number of hydrogen-bond donors (Lipinski definition) is 1. The molecule has 11 nitrogen and oxygen atoms in total. The predicted molar refractivity (Wildman–Crippen MR) is 170 cm³/mol. The molecule has 1 N–H and O–H groups in total. The standard InChI is InChI=1S/C34H36N4O7S/c1-43-29-11-9-26(10-12-29)24-38(33(28-7-3-2-4-8-28)34(40)36-23-27-6-5-17-35-22-27)32(39)25-45-30-13-15-31(16-14-30)46(41,42)37-18-20-44-21-19-37/h2-17,22,33H,18-21,23-25H2,1H3,(H,36,40). The van der Waals surface area contributed by atoms with Crippen molar-refractivity contribution in [2.75, 3.05) is 40.0 Å². The van der Waals surface area contributed by atoms with Crippen LogP contribution in [-0.2, 0) is 37.4 Å². The predicted octanol–water partition coefficient (Wildman–Crippen LogP) is 3.58. The first-order chi connectivity index (χ1) is 22.3. The van der Waals surface area contributed by atoms with E-state index in [1.807, 2.05) is 36.4 Å². The Bertz CT molecular complexity index is 1680. The molecule has 1 aliphatic rings. The molecule has 1 aliphatic heterocycles. The van der Waals surface area contributed by atoms with E-state index in [1.54, 1.807) is 49.8 Å². The van der Waals surface area contributed by atoms with Crippen molar-refractivity contribution in [1.82, 2.24) is 19.5 Å². The van der Waals surface area contributed by atoms with E-state index in [1.165, 1.54) is 33.5 Å². The second-order valence-electron chi connectivity index (χ2n) is 10.5. The van der Waals surface area contributed by atoms with Crippen molar-refractivity contribution in [2.24, 2.45) is 0 Å². The Kier molecular flexibility index (Phi) is 11.0. The van der Waals surface area contributed by atoms with E-state index >= 15 is 0 Å². The number of methoxy groups -OCH3 is 1. The third-order valence-corrected chi connectivity index (χ3v) is 9.40. The second kappa shape index (κ2) is 15.5. The Morgan fingerprint density at radius 3 is 2.26 bits per heavy atom. The monoisotopic (exact) mass is 644 g/mol. The normalized spacial score (nSPS) is 14.2. The van der Waals surface area contributed by atoms with Crippen LogP contribution in [0.5, 0.6) is 11.5 Å². The van der Waals surface area contributed by atoms with Gasteiger partial charge in [0.05, 0.1) is 25.2 Å². The molecule has 1 aromatic heterocycles. The molecule has 1 atom stereocenters. The molecule has 46 heavy (non-hydrogen) atoms. The summed E-state index contributed by atoms with van der Waals surface area (Å²) in [5.74, 6) is 0.176. The summed E-state index contributed by atoms with van der Waals surface area (Å²) >= 11 is 0. The van der Waals surface area contributed by atoms with Gasteiger partial charge in [0.1, 0.15) is 17.5 Å². The number of hydrogen-bond acceptors (Lipinski definition) is 8. The minimum absolute atomic E-state index is 0.114. The van der Waals surface area contributed by atoms with Crippen LogP contribution in [0.3, 0.4) is 0 Å². The Morgan fingerprint density at radius 2 is 1.61 bits per heavy atom. The van der Waals surface area contributed by atoms with E-state index in [0.717, 1.165) is 11.1 Å². The molecule has 2 amide bonds. The van der Waals surface area contributed by atoms with Gasteiger partial charge in [0.25, 0.3) is 5.91 Å². The summed E-state index contributed by atoms with van der Waals surface area (Å²) in [4.78, 5) is 33.5. The molecule has 5 rings (SSSR count). The lowest BCUT2D eigenvalue weighted by atomic mass is 10.0. The number of benzene rings is 3. The zero-order valence-corrected chi connectivity index (χ0v) is 26.3. The highest BCUT2D eigenvalue weighted by molar-refractivity contribution is 7.89. The molecule has 4 aromatic rings. The maximum atomic E-state index is 13.9. The van der Waals surface area contributed by atoms with Crippen molar-refractivity contribution < 1.29 is 32.2 Å². The van der Waals surface area contributed by atoms with E-state index in [0.29, 0.717) is 30.3 Å². The number of ether oxygens (including phenoxy) is 3. The zero-order valence-electron chi connectivity index (χ0n) is 25.4. The van der Waals surface area contributed by atoms with Crippen LogP contribution in [-0.4, -0.2) is 74.4 Å². The summed E-state index contributed by atoms with van der Waals surface area (Å²) in [6.45, 7) is 1.24. The molecule has 1 fully saturated rings. The number of nitrogens with zero attached hydrogens (tertiary/aromatic N) is 3. The van der Waals surface area contributed by atoms with Crippen LogP contribution in [0.15, 0.2) is 108 Å². The number of carbonyl (C=O) groups is 2. The minimum atomic E-state index is -3.67. The molecule has 0 saturated carbocycles. The second-order valence-corrected chi connectivity index (χ2v) is 12.5. The summed E-state index contributed by atoms with van der Waals surface area (Å²) in [5, 5.41) is 2.96. The fourth-order valence-electron chi connectivity index (χ4n) is 5.02. The molecule has 3 aromatic carbocycles. The molecule has 0 spiro atoms. The van der Waals surface area contributed by atoms with E-state index in [9.17, 15) is 18.0 Å². The van der Waals surface area contributed by atoms with E-state index in [2.05, 4.69) is 10.3 Å². The number of aromatic nitrogens is 1. The number of pyridine rings is 1. The minimum Gasteiger partial charge on any atom is -0.497 e. The van der Waals surface area contributed by atoms with Gasteiger partial charge in [-0.05, 0) is 59.2 Å². The van der Waals surface area contributed by atoms with Crippen molar-refractivity contribution in [3.8, 4) is 11.5 Å². The number of carbonyl (C=O) groups excluding carboxylic acids is 2. The van der Waals surface area contributed by atoms with Crippen molar-refractivity contribution in [2.45, 2.75) is 24.0 Å². The molecule has 0 aliphatic carbocycles. The van der Waals surface area contributed by atoms with Crippen LogP contribution in [0.2, 0.25) is 0 Å². The highest BCUT2D eigenvalue weighted by Crippen LogP contribution is 2.26. The Morgan fingerprint density at radius 1 is 0.913 bits per heavy atom. The van der Waals surface area contributed by atoms with Gasteiger partial charge >= 0.3 is 0 Å². The summed E-state index contributed by atoms with van der Waals surface area (Å²) < 4.78 is 43.8. The molecule has 12 heteroatoms. The summed E-state index contributed by atoms with van der Waals surface area (Å²) in [7, 11) is -2.10. The summed E-state index contributed by atoms with van der Waals surface area (Å²) in [6.07, 6.45) is 3.33. The highest BCUT2D eigenvalue weighted by atomic mass is 32.2. The number of morpholine rings is 1. The average Bonchev–Trinajstić information content (AvgIpc) is 3.11. The first-order valence-corrected chi connectivity index (χ1v) is 16.2. The average molecular weight is 645 g/mol. The fraction of sp³-hybridized carbons (Fsp3) is 0.265. The molecule has 0 radical (unpaired) electrons. The smallest absolute Gasteiger partial charge is 0.261 e. The van der Waals surface area contributed by atoms with Crippen LogP contribution < -0.4 is 14.8 Å². The molecule has 2 heterocycles. The third kappa shape index (κ3) is 8.27. The third-order valence-electron chi connectivity index (χ3n) is 7.49. The number of amides is 2. The first kappa shape index (κ1) is 32.6. The topological polar surface area (TPSA) is 127 Å². The number of nitrogens with one attached hydrogen (secondary N) is 1. The van der Waals surface area contributed by atoms with Gasteiger partial charge in [0.2, 0.25) is 15.9 Å². The lowest BCUT2D eigenvalue weighted by Crippen LogP contribution is -2.45. The molecule has 240 valence electrons. The molecule has 0 bridgehead atoms. The van der Waals surface area contributed by atoms with Crippen LogP contribution in [0.25, 0.3) is 0 Å². The van der Waals surface area contributed by atoms with E-state index in [-0.39, 0.29) is 43.6 Å². The maximum Gasteiger partial charge on any atom is 0.261 e. The quantitative estimate of drug-likeness (QED) is 0.234. The van der Waals surface area contributed by atoms with Gasteiger partial charge < -0.3 is 24.4 Å². The highest BCUT2D eigenvalue weighted by Gasteiger charge is 2.32.